The molecule has 2 aromatic rings. The van der Waals surface area contributed by atoms with Crippen molar-refractivity contribution in [3.8, 4) is 0 Å². The predicted octanol–water partition coefficient (Wildman–Crippen LogP) is 2.18. The second-order valence-corrected chi connectivity index (χ2v) is 6.49. The molecule has 7 nitrogen and oxygen atoms in total. The lowest BCUT2D eigenvalue weighted by atomic mass is 9.84. The van der Waals surface area contributed by atoms with E-state index in [1.807, 2.05) is 0 Å². The van der Waals surface area contributed by atoms with Crippen molar-refractivity contribution < 1.29 is 4.79 Å². The van der Waals surface area contributed by atoms with E-state index in [0.717, 1.165) is 32.1 Å². The van der Waals surface area contributed by atoms with Crippen LogP contribution in [0.15, 0.2) is 21.9 Å². The smallest absolute Gasteiger partial charge is 0.325 e. The molecule has 1 amide bonds. The molecule has 0 bridgehead atoms. The van der Waals surface area contributed by atoms with Crippen molar-refractivity contribution in [1.29, 1.82) is 0 Å². The van der Waals surface area contributed by atoms with Gasteiger partial charge >= 0.3 is 5.69 Å². The Morgan fingerprint density at radius 1 is 1.33 bits per heavy atom. The molecule has 2 heterocycles. The summed E-state index contributed by atoms with van der Waals surface area (Å²) in [4.78, 5) is 43.1. The van der Waals surface area contributed by atoms with Gasteiger partial charge in [0, 0.05) is 13.0 Å². The van der Waals surface area contributed by atoms with Crippen LogP contribution in [0.2, 0.25) is 0 Å². The Morgan fingerprint density at radius 3 is 2.67 bits per heavy atom. The highest BCUT2D eigenvalue weighted by atomic mass is 16.2. The van der Waals surface area contributed by atoms with Crippen molar-refractivity contribution >= 4 is 22.6 Å². The maximum atomic E-state index is 12.8. The third-order valence-electron chi connectivity index (χ3n) is 4.86. The standard InChI is InChI=1S/C17H22N4O3/c1-3-11-4-6-13(7-5-11)21-16(23)14-8-12(19-10(2)22)9-18-15(14)20-17(21)24/h8-9,11,13H,3-7H2,1-2H3,(H,19,22)(H,18,20,24). The molecule has 3 rings (SSSR count). The van der Waals surface area contributed by atoms with Crippen molar-refractivity contribution in [2.75, 3.05) is 5.32 Å². The first-order chi connectivity index (χ1) is 11.5. The zero-order valence-electron chi connectivity index (χ0n) is 14.0. The van der Waals surface area contributed by atoms with Crippen LogP contribution in [0.5, 0.6) is 0 Å². The van der Waals surface area contributed by atoms with Crippen LogP contribution in [0.25, 0.3) is 11.0 Å². The first-order valence-electron chi connectivity index (χ1n) is 8.41. The summed E-state index contributed by atoms with van der Waals surface area (Å²) in [5.74, 6) is 0.448. The maximum Gasteiger partial charge on any atom is 0.330 e. The number of carbonyl (C=O) groups excluding carboxylic acids is 1. The molecular weight excluding hydrogens is 308 g/mol. The van der Waals surface area contributed by atoms with Crippen LogP contribution < -0.4 is 16.6 Å². The Hall–Kier alpha value is -2.44. The third-order valence-corrected chi connectivity index (χ3v) is 4.86. The Kier molecular flexibility index (Phi) is 4.51. The van der Waals surface area contributed by atoms with Crippen molar-refractivity contribution in [3.63, 3.8) is 0 Å². The number of anilines is 1. The number of H-pyrrole nitrogens is 1. The second kappa shape index (κ2) is 6.59. The molecule has 2 aromatic heterocycles. The summed E-state index contributed by atoms with van der Waals surface area (Å²) < 4.78 is 1.33. The van der Waals surface area contributed by atoms with Gasteiger partial charge < -0.3 is 5.32 Å². The van der Waals surface area contributed by atoms with E-state index in [1.165, 1.54) is 17.7 Å². The number of fused-ring (bicyclic) bond motifs is 1. The van der Waals surface area contributed by atoms with E-state index in [9.17, 15) is 14.4 Å². The number of aromatic amines is 1. The third kappa shape index (κ3) is 3.11. The quantitative estimate of drug-likeness (QED) is 0.901. The van der Waals surface area contributed by atoms with Gasteiger partial charge in [0.1, 0.15) is 5.65 Å². The molecule has 128 valence electrons. The minimum Gasteiger partial charge on any atom is -0.325 e. The van der Waals surface area contributed by atoms with Crippen LogP contribution in [-0.2, 0) is 4.79 Å². The van der Waals surface area contributed by atoms with Crippen LogP contribution in [0.4, 0.5) is 5.69 Å². The van der Waals surface area contributed by atoms with E-state index in [-0.39, 0.29) is 23.2 Å². The molecule has 1 aliphatic carbocycles. The van der Waals surface area contributed by atoms with Crippen LogP contribution in [0, 0.1) is 5.92 Å². The van der Waals surface area contributed by atoms with Crippen molar-refractivity contribution in [2.45, 2.75) is 52.0 Å². The fraction of sp³-hybridized carbons (Fsp3) is 0.529. The Labute approximate surface area is 139 Å². The molecule has 0 atom stereocenters. The normalized spacial score (nSPS) is 20.9. The molecular formula is C17H22N4O3. The lowest BCUT2D eigenvalue weighted by Gasteiger charge is -2.28. The van der Waals surface area contributed by atoms with E-state index >= 15 is 0 Å². The maximum absolute atomic E-state index is 12.8. The predicted molar refractivity (Wildman–Crippen MR) is 92.2 cm³/mol. The highest BCUT2D eigenvalue weighted by Gasteiger charge is 2.24. The lowest BCUT2D eigenvalue weighted by Crippen LogP contribution is -2.39. The number of hydrogen-bond donors (Lipinski definition) is 2. The van der Waals surface area contributed by atoms with E-state index in [4.69, 9.17) is 0 Å². The van der Waals surface area contributed by atoms with Crippen LogP contribution in [0.3, 0.4) is 0 Å². The molecule has 0 aromatic carbocycles. The van der Waals surface area contributed by atoms with Crippen molar-refractivity contribution in [3.05, 3.63) is 33.1 Å². The molecule has 0 spiro atoms. The van der Waals surface area contributed by atoms with Gasteiger partial charge in [0.2, 0.25) is 5.91 Å². The van der Waals surface area contributed by atoms with Crippen LogP contribution in [-0.4, -0.2) is 20.4 Å². The molecule has 2 N–H and O–H groups in total. The number of carbonyl (C=O) groups is 1. The average Bonchev–Trinajstić information content (AvgIpc) is 2.55. The lowest BCUT2D eigenvalue weighted by molar-refractivity contribution is -0.114. The van der Waals surface area contributed by atoms with Gasteiger partial charge in [0.25, 0.3) is 5.56 Å². The van der Waals surface area contributed by atoms with Gasteiger partial charge in [-0.1, -0.05) is 13.3 Å². The average molecular weight is 330 g/mol. The summed E-state index contributed by atoms with van der Waals surface area (Å²) >= 11 is 0. The van der Waals surface area contributed by atoms with Gasteiger partial charge in [-0.05, 0) is 37.7 Å². The van der Waals surface area contributed by atoms with Gasteiger partial charge in [0.15, 0.2) is 0 Å². The fourth-order valence-electron chi connectivity index (χ4n) is 3.53. The zero-order chi connectivity index (χ0) is 17.3. The Bertz CT molecular complexity index is 876. The van der Waals surface area contributed by atoms with Crippen molar-refractivity contribution in [1.82, 2.24) is 14.5 Å². The number of nitrogens with zero attached hydrogens (tertiary/aromatic N) is 2. The fourth-order valence-corrected chi connectivity index (χ4v) is 3.53. The van der Waals surface area contributed by atoms with Gasteiger partial charge in [-0.2, -0.15) is 0 Å². The van der Waals surface area contributed by atoms with Gasteiger partial charge in [-0.15, -0.1) is 0 Å². The van der Waals surface area contributed by atoms with Crippen LogP contribution >= 0.6 is 0 Å². The van der Waals surface area contributed by atoms with E-state index in [1.54, 1.807) is 6.07 Å². The number of rotatable bonds is 3. The summed E-state index contributed by atoms with van der Waals surface area (Å²) in [6, 6.07) is 1.49. The molecule has 0 aliphatic heterocycles. The summed E-state index contributed by atoms with van der Waals surface area (Å²) in [7, 11) is 0. The molecule has 0 radical (unpaired) electrons. The van der Waals surface area contributed by atoms with Crippen LogP contribution in [0.1, 0.15) is 52.0 Å². The van der Waals surface area contributed by atoms with Gasteiger partial charge in [-0.3, -0.25) is 19.1 Å². The van der Waals surface area contributed by atoms with Gasteiger partial charge in [0.05, 0.1) is 17.3 Å². The monoisotopic (exact) mass is 330 g/mol. The minimum atomic E-state index is -0.410. The number of amides is 1. The molecule has 7 heteroatoms. The Balaban J connectivity index is 2.03. The second-order valence-electron chi connectivity index (χ2n) is 6.49. The van der Waals surface area contributed by atoms with Gasteiger partial charge in [-0.25, -0.2) is 9.78 Å². The summed E-state index contributed by atoms with van der Waals surface area (Å²) in [6.07, 6.45) is 6.32. The number of aromatic nitrogens is 3. The topological polar surface area (TPSA) is 96.8 Å². The number of pyridine rings is 1. The first-order valence-corrected chi connectivity index (χ1v) is 8.41. The zero-order valence-corrected chi connectivity index (χ0v) is 14.0. The summed E-state index contributed by atoms with van der Waals surface area (Å²) in [5.41, 5.74) is -0.0568. The summed E-state index contributed by atoms with van der Waals surface area (Å²) in [6.45, 7) is 3.57. The highest BCUT2D eigenvalue weighted by molar-refractivity contribution is 5.90. The van der Waals surface area contributed by atoms with Crippen molar-refractivity contribution in [2.24, 2.45) is 5.92 Å². The number of nitrogens with one attached hydrogen (secondary N) is 2. The van der Waals surface area contributed by atoms with E-state index < -0.39 is 5.69 Å². The molecule has 0 unspecified atom stereocenters. The minimum absolute atomic E-state index is 0.0714. The largest absolute Gasteiger partial charge is 0.330 e. The highest BCUT2D eigenvalue weighted by Crippen LogP contribution is 2.32. The molecule has 1 aliphatic rings. The molecule has 1 saturated carbocycles. The molecule has 24 heavy (non-hydrogen) atoms. The summed E-state index contributed by atoms with van der Waals surface area (Å²) in [5, 5.41) is 2.93. The Morgan fingerprint density at radius 2 is 2.04 bits per heavy atom. The van der Waals surface area contributed by atoms with E-state index in [2.05, 4.69) is 22.2 Å². The SMILES string of the molecule is CCC1CCC(n2c(=O)[nH]c3ncc(NC(C)=O)cc3c2=O)CC1. The van der Waals surface area contributed by atoms with E-state index in [0.29, 0.717) is 17.0 Å². The first kappa shape index (κ1) is 16.4. The number of hydrogen-bond acceptors (Lipinski definition) is 4. The molecule has 1 fully saturated rings. The molecule has 0 saturated heterocycles.